The number of hydrogen-bond acceptors (Lipinski definition) is 4. The molecule has 0 saturated heterocycles. The van der Waals surface area contributed by atoms with Gasteiger partial charge in [-0.15, -0.1) is 0 Å². The van der Waals surface area contributed by atoms with Gasteiger partial charge in [0.15, 0.2) is 0 Å². The van der Waals surface area contributed by atoms with Gasteiger partial charge in [0.25, 0.3) is 0 Å². The lowest BCUT2D eigenvalue weighted by molar-refractivity contribution is 0.282. The van der Waals surface area contributed by atoms with Crippen LogP contribution in [-0.4, -0.2) is 25.9 Å². The third-order valence-corrected chi connectivity index (χ3v) is 5.34. The van der Waals surface area contributed by atoms with Crippen molar-refractivity contribution < 1.29 is 5.11 Å². The van der Waals surface area contributed by atoms with Crippen LogP contribution in [0.5, 0.6) is 0 Å². The fourth-order valence-electron chi connectivity index (χ4n) is 3.99. The molecule has 5 nitrogen and oxygen atoms in total. The third-order valence-electron chi connectivity index (χ3n) is 5.34. The van der Waals surface area contributed by atoms with Crippen LogP contribution in [0.15, 0.2) is 54.9 Å². The Hall–Kier alpha value is -2.66. The van der Waals surface area contributed by atoms with Gasteiger partial charge in [0.1, 0.15) is 12.2 Å². The number of rotatable bonds is 6. The van der Waals surface area contributed by atoms with Gasteiger partial charge in [-0.25, -0.2) is 9.67 Å². The molecule has 27 heavy (non-hydrogen) atoms. The average molecular weight is 362 g/mol. The minimum Gasteiger partial charge on any atom is -0.392 e. The first-order valence-electron chi connectivity index (χ1n) is 9.57. The summed E-state index contributed by atoms with van der Waals surface area (Å²) in [4.78, 5) is 6.95. The number of fused-ring (bicyclic) bond motifs is 1. The summed E-state index contributed by atoms with van der Waals surface area (Å²) in [5, 5.41) is 14.0. The van der Waals surface area contributed by atoms with Gasteiger partial charge in [-0.05, 0) is 55.5 Å². The minimum absolute atomic E-state index is 0.0503. The number of hydrogen-bond donors (Lipinski definition) is 1. The lowest BCUT2D eigenvalue weighted by Crippen LogP contribution is -2.36. The molecular formula is C22H26N4O. The van der Waals surface area contributed by atoms with Crippen molar-refractivity contribution in [3.63, 3.8) is 0 Å². The van der Waals surface area contributed by atoms with E-state index in [1.165, 1.54) is 11.1 Å². The second-order valence-corrected chi connectivity index (χ2v) is 7.50. The zero-order valence-corrected chi connectivity index (χ0v) is 15.9. The average Bonchev–Trinajstić information content (AvgIpc) is 3.32. The Kier molecular flexibility index (Phi) is 4.94. The van der Waals surface area contributed by atoms with Crippen molar-refractivity contribution in [1.29, 1.82) is 0 Å². The molecule has 0 aliphatic heterocycles. The van der Waals surface area contributed by atoms with Crippen LogP contribution in [0.25, 0.3) is 0 Å². The second kappa shape index (κ2) is 7.53. The van der Waals surface area contributed by atoms with E-state index in [9.17, 15) is 5.11 Å². The zero-order valence-electron chi connectivity index (χ0n) is 15.9. The molecule has 0 bridgehead atoms. The first-order chi connectivity index (χ1) is 13.2. The van der Waals surface area contributed by atoms with Crippen LogP contribution in [0, 0.1) is 0 Å². The first kappa shape index (κ1) is 17.7. The van der Waals surface area contributed by atoms with Crippen LogP contribution in [0.4, 0.5) is 5.69 Å². The van der Waals surface area contributed by atoms with E-state index in [0.717, 1.165) is 29.9 Å². The molecule has 4 rings (SSSR count). The molecule has 0 amide bonds. The molecule has 1 aliphatic carbocycles. The molecule has 1 N–H and O–H groups in total. The lowest BCUT2D eigenvalue weighted by atomic mass is 10.1. The number of aliphatic hydroxyl groups excluding tert-OH is 1. The second-order valence-electron chi connectivity index (χ2n) is 7.50. The normalized spacial score (nSPS) is 13.9. The van der Waals surface area contributed by atoms with Gasteiger partial charge < -0.3 is 10.0 Å². The van der Waals surface area contributed by atoms with Gasteiger partial charge in [0.2, 0.25) is 0 Å². The van der Waals surface area contributed by atoms with E-state index in [-0.39, 0.29) is 12.6 Å². The molecule has 0 unspecified atom stereocenters. The van der Waals surface area contributed by atoms with Gasteiger partial charge >= 0.3 is 0 Å². The van der Waals surface area contributed by atoms with Crippen molar-refractivity contribution in [3.05, 3.63) is 77.4 Å². The number of nitrogens with zero attached hydrogens (tertiary/aromatic N) is 4. The molecule has 0 fully saturated rings. The molecule has 140 valence electrons. The van der Waals surface area contributed by atoms with E-state index < -0.39 is 0 Å². The van der Waals surface area contributed by atoms with Crippen molar-refractivity contribution in [2.45, 2.75) is 51.9 Å². The highest BCUT2D eigenvalue weighted by Crippen LogP contribution is 2.30. The molecular weight excluding hydrogens is 336 g/mol. The largest absolute Gasteiger partial charge is 0.392 e. The van der Waals surface area contributed by atoms with E-state index in [4.69, 9.17) is 0 Å². The van der Waals surface area contributed by atoms with Gasteiger partial charge in [-0.2, -0.15) is 5.10 Å². The van der Waals surface area contributed by atoms with Crippen LogP contribution in [0.3, 0.4) is 0 Å². The SMILES string of the molecule is CC(C)n1ncnc1CN(c1cccc(CO)c1)C1Cc2ccccc2C1. The lowest BCUT2D eigenvalue weighted by Gasteiger charge is -2.31. The van der Waals surface area contributed by atoms with Gasteiger partial charge in [-0.1, -0.05) is 36.4 Å². The summed E-state index contributed by atoms with van der Waals surface area (Å²) in [6.45, 7) is 5.00. The summed E-state index contributed by atoms with van der Waals surface area (Å²) >= 11 is 0. The van der Waals surface area contributed by atoms with Crippen LogP contribution in [0.1, 0.15) is 42.4 Å². The van der Waals surface area contributed by atoms with Gasteiger partial charge in [-0.3, -0.25) is 0 Å². The highest BCUT2D eigenvalue weighted by atomic mass is 16.3. The van der Waals surface area contributed by atoms with Crippen molar-refractivity contribution in [2.24, 2.45) is 0 Å². The monoisotopic (exact) mass is 362 g/mol. The Bertz CT molecular complexity index is 893. The molecule has 0 spiro atoms. The highest BCUT2D eigenvalue weighted by Gasteiger charge is 2.28. The fourth-order valence-corrected chi connectivity index (χ4v) is 3.99. The molecule has 0 radical (unpaired) electrons. The Labute approximate surface area is 160 Å². The number of aliphatic hydroxyl groups is 1. The van der Waals surface area contributed by atoms with Crippen LogP contribution in [0.2, 0.25) is 0 Å². The van der Waals surface area contributed by atoms with E-state index in [1.807, 2.05) is 16.8 Å². The van der Waals surface area contributed by atoms with Crippen molar-refractivity contribution in [1.82, 2.24) is 14.8 Å². The molecule has 2 aromatic carbocycles. The highest BCUT2D eigenvalue weighted by molar-refractivity contribution is 5.51. The topological polar surface area (TPSA) is 54.2 Å². The summed E-state index contributed by atoms with van der Waals surface area (Å²) in [5.74, 6) is 0.968. The van der Waals surface area contributed by atoms with Gasteiger partial charge in [0, 0.05) is 17.8 Å². The van der Waals surface area contributed by atoms with Crippen molar-refractivity contribution in [2.75, 3.05) is 4.90 Å². The van der Waals surface area contributed by atoms with E-state index in [0.29, 0.717) is 12.6 Å². The number of aromatic nitrogens is 3. The maximum absolute atomic E-state index is 9.58. The third kappa shape index (κ3) is 3.60. The van der Waals surface area contributed by atoms with Crippen LogP contribution in [-0.2, 0) is 26.0 Å². The predicted molar refractivity (Wildman–Crippen MR) is 107 cm³/mol. The molecule has 1 heterocycles. The number of anilines is 1. The fraction of sp³-hybridized carbons (Fsp3) is 0.364. The Morgan fingerprint density at radius 2 is 1.85 bits per heavy atom. The summed E-state index contributed by atoms with van der Waals surface area (Å²) < 4.78 is 1.99. The molecule has 3 aromatic rings. The van der Waals surface area contributed by atoms with Gasteiger partial charge in [0.05, 0.1) is 13.2 Å². The first-order valence-corrected chi connectivity index (χ1v) is 9.57. The maximum atomic E-state index is 9.58. The molecule has 1 aromatic heterocycles. The van der Waals surface area contributed by atoms with E-state index >= 15 is 0 Å². The Balaban J connectivity index is 1.68. The summed E-state index contributed by atoms with van der Waals surface area (Å²) in [5.41, 5.74) is 4.91. The number of benzene rings is 2. The maximum Gasteiger partial charge on any atom is 0.146 e. The standard InChI is InChI=1S/C22H26N4O/c1-16(2)26-22(23-15-24-26)13-25(20-9-5-6-17(10-20)14-27)21-11-18-7-3-4-8-19(18)12-21/h3-10,15-16,21,27H,11-14H2,1-2H3. The predicted octanol–water partition coefficient (Wildman–Crippen LogP) is 3.53. The Morgan fingerprint density at radius 1 is 1.11 bits per heavy atom. The quantitative estimate of drug-likeness (QED) is 0.729. The smallest absolute Gasteiger partial charge is 0.146 e. The zero-order chi connectivity index (χ0) is 18.8. The summed E-state index contributed by atoms with van der Waals surface area (Å²) in [6, 6.07) is 17.5. The van der Waals surface area contributed by atoms with Crippen molar-refractivity contribution >= 4 is 5.69 Å². The van der Waals surface area contributed by atoms with Crippen LogP contribution < -0.4 is 4.90 Å². The molecule has 5 heteroatoms. The van der Waals surface area contributed by atoms with Crippen LogP contribution >= 0.6 is 0 Å². The molecule has 1 aliphatic rings. The van der Waals surface area contributed by atoms with Crippen molar-refractivity contribution in [3.8, 4) is 0 Å². The molecule has 0 saturated carbocycles. The summed E-state index contributed by atoms with van der Waals surface area (Å²) in [6.07, 6.45) is 3.69. The Morgan fingerprint density at radius 3 is 2.52 bits per heavy atom. The minimum atomic E-state index is 0.0503. The van der Waals surface area contributed by atoms with E-state index in [1.54, 1.807) is 6.33 Å². The summed E-state index contributed by atoms with van der Waals surface area (Å²) in [7, 11) is 0. The molecule has 0 atom stereocenters. The van der Waals surface area contributed by atoms with E-state index in [2.05, 4.69) is 65.2 Å².